The van der Waals surface area contributed by atoms with Crippen LogP contribution < -0.4 is 0 Å². The van der Waals surface area contributed by atoms with E-state index < -0.39 is 23.6 Å². The molecule has 4 N–H and O–H groups in total. The van der Waals surface area contributed by atoms with Crippen LogP contribution in [0.25, 0.3) is 0 Å². The molecule has 0 aromatic heterocycles. The Kier molecular flexibility index (Phi) is 6.81. The molecule has 1 saturated heterocycles. The summed E-state index contributed by atoms with van der Waals surface area (Å²) in [6.07, 6.45) is 6.36. The first kappa shape index (κ1) is 29.5. The first-order valence-corrected chi connectivity index (χ1v) is 15.2. The molecule has 0 aromatic rings. The van der Waals surface area contributed by atoms with E-state index in [0.717, 1.165) is 32.1 Å². The third-order valence-electron chi connectivity index (χ3n) is 12.9. The predicted molar refractivity (Wildman–Crippen MR) is 147 cm³/mol. The van der Waals surface area contributed by atoms with Crippen LogP contribution in [0.2, 0.25) is 0 Å². The summed E-state index contributed by atoms with van der Waals surface area (Å²) >= 11 is 0. The first-order chi connectivity index (χ1) is 17.8. The lowest BCUT2D eigenvalue weighted by atomic mass is 9.37. The van der Waals surface area contributed by atoms with E-state index in [0.29, 0.717) is 18.8 Å². The van der Waals surface area contributed by atoms with Crippen LogP contribution in [-0.2, 0) is 14.3 Å². The molecule has 7 nitrogen and oxygen atoms in total. The van der Waals surface area contributed by atoms with E-state index in [4.69, 9.17) is 9.47 Å². The lowest BCUT2D eigenvalue weighted by Gasteiger charge is -2.68. The molecule has 4 aliphatic carbocycles. The SMILES string of the molecule is CC(=O)O[C@@H]1CC[C@]2(C)C3CC[C@]4(C)C(=CC[C@H]4C4CO[C@](O)(C(C)(C)O)[C@H](O)C4)[C@]3(C)[C@H](O)C[C@H]2C1(C)C. The molecule has 0 radical (unpaired) electrons. The molecule has 7 heteroatoms. The van der Waals surface area contributed by atoms with Crippen LogP contribution in [0.3, 0.4) is 0 Å². The summed E-state index contributed by atoms with van der Waals surface area (Å²) in [6, 6.07) is 0. The molecule has 1 aliphatic heterocycles. The first-order valence-electron chi connectivity index (χ1n) is 15.2. The zero-order valence-electron chi connectivity index (χ0n) is 25.3. The van der Waals surface area contributed by atoms with Crippen molar-refractivity contribution in [2.75, 3.05) is 6.61 Å². The van der Waals surface area contributed by atoms with Gasteiger partial charge in [-0.05, 0) is 93.3 Å². The molecule has 0 bridgehead atoms. The number of carbonyl (C=O) groups is 1. The van der Waals surface area contributed by atoms with E-state index in [1.54, 1.807) is 0 Å². The zero-order valence-corrected chi connectivity index (χ0v) is 25.3. The maximum Gasteiger partial charge on any atom is 0.302 e. The van der Waals surface area contributed by atoms with Gasteiger partial charge in [0.15, 0.2) is 0 Å². The van der Waals surface area contributed by atoms with Gasteiger partial charge in [-0.2, -0.15) is 0 Å². The van der Waals surface area contributed by atoms with Crippen molar-refractivity contribution >= 4 is 5.97 Å². The Balaban J connectivity index is 1.42. The van der Waals surface area contributed by atoms with Crippen molar-refractivity contribution in [1.29, 1.82) is 0 Å². The summed E-state index contributed by atoms with van der Waals surface area (Å²) in [5.74, 6) is -1.36. The highest BCUT2D eigenvalue weighted by Gasteiger charge is 2.69. The third kappa shape index (κ3) is 3.96. The van der Waals surface area contributed by atoms with Gasteiger partial charge in [0.1, 0.15) is 17.8 Å². The minimum Gasteiger partial charge on any atom is -0.462 e. The summed E-state index contributed by atoms with van der Waals surface area (Å²) in [4.78, 5) is 11.9. The van der Waals surface area contributed by atoms with Gasteiger partial charge in [-0.3, -0.25) is 4.79 Å². The fourth-order valence-corrected chi connectivity index (χ4v) is 10.8. The number of hydrogen-bond acceptors (Lipinski definition) is 7. The monoisotopic (exact) mass is 548 g/mol. The highest BCUT2D eigenvalue weighted by Crippen LogP contribution is 2.73. The topological polar surface area (TPSA) is 116 Å². The summed E-state index contributed by atoms with van der Waals surface area (Å²) in [7, 11) is 0. The van der Waals surface area contributed by atoms with Crippen LogP contribution in [0.1, 0.15) is 100 Å². The lowest BCUT2D eigenvalue weighted by molar-refractivity contribution is -0.353. The van der Waals surface area contributed by atoms with Crippen LogP contribution in [-0.4, -0.2) is 62.7 Å². The van der Waals surface area contributed by atoms with Gasteiger partial charge >= 0.3 is 5.97 Å². The van der Waals surface area contributed by atoms with Crippen molar-refractivity contribution in [3.8, 4) is 0 Å². The zero-order chi connectivity index (χ0) is 29.0. The Morgan fingerprint density at radius 3 is 2.28 bits per heavy atom. The van der Waals surface area contributed by atoms with E-state index in [1.807, 2.05) is 0 Å². The molecular weight excluding hydrogens is 496 g/mol. The Hall–Kier alpha value is -0.990. The highest BCUT2D eigenvalue weighted by molar-refractivity contribution is 5.66. The van der Waals surface area contributed by atoms with Crippen LogP contribution in [0.4, 0.5) is 0 Å². The van der Waals surface area contributed by atoms with E-state index in [9.17, 15) is 25.2 Å². The number of esters is 1. The lowest BCUT2D eigenvalue weighted by Crippen LogP contribution is -2.66. The number of aliphatic hydroxyl groups excluding tert-OH is 2. The molecule has 1 heterocycles. The number of allylic oxidation sites excluding steroid dienone is 1. The van der Waals surface area contributed by atoms with Gasteiger partial charge in [-0.1, -0.05) is 46.3 Å². The fraction of sp³-hybridized carbons (Fsp3) is 0.906. The molecule has 222 valence electrons. The van der Waals surface area contributed by atoms with Gasteiger partial charge in [0, 0.05) is 17.8 Å². The Morgan fingerprint density at radius 2 is 1.69 bits per heavy atom. The van der Waals surface area contributed by atoms with Crippen molar-refractivity contribution in [2.45, 2.75) is 130 Å². The predicted octanol–water partition coefficient (Wildman–Crippen LogP) is 4.35. The van der Waals surface area contributed by atoms with Crippen molar-refractivity contribution in [3.63, 3.8) is 0 Å². The van der Waals surface area contributed by atoms with E-state index in [2.05, 4.69) is 40.7 Å². The molecule has 2 unspecified atom stereocenters. The molecule has 5 aliphatic rings. The van der Waals surface area contributed by atoms with E-state index in [-0.39, 0.29) is 58.1 Å². The number of aliphatic hydroxyl groups is 4. The van der Waals surface area contributed by atoms with Gasteiger partial charge < -0.3 is 29.9 Å². The van der Waals surface area contributed by atoms with Crippen molar-refractivity contribution in [1.82, 2.24) is 0 Å². The summed E-state index contributed by atoms with van der Waals surface area (Å²) in [6.45, 7) is 16.2. The number of ether oxygens (including phenoxy) is 2. The second-order valence-electron chi connectivity index (χ2n) is 15.6. The molecule has 4 fully saturated rings. The molecular formula is C32H52O7. The van der Waals surface area contributed by atoms with Crippen LogP contribution in [0.5, 0.6) is 0 Å². The number of carbonyl (C=O) groups excluding carboxylic acids is 1. The maximum atomic E-state index is 12.0. The Labute approximate surface area is 234 Å². The molecule has 5 rings (SSSR count). The molecule has 0 aromatic carbocycles. The summed E-state index contributed by atoms with van der Waals surface area (Å²) in [5, 5.41) is 44.3. The van der Waals surface area contributed by atoms with Crippen LogP contribution in [0.15, 0.2) is 11.6 Å². The minimum absolute atomic E-state index is 0.0295. The number of hydrogen-bond donors (Lipinski definition) is 4. The van der Waals surface area contributed by atoms with Gasteiger partial charge in [-0.25, -0.2) is 0 Å². The molecule has 0 spiro atoms. The van der Waals surface area contributed by atoms with E-state index in [1.165, 1.54) is 26.3 Å². The smallest absolute Gasteiger partial charge is 0.302 e. The quantitative estimate of drug-likeness (QED) is 0.306. The fourth-order valence-electron chi connectivity index (χ4n) is 10.8. The number of fused-ring (bicyclic) bond motifs is 5. The third-order valence-corrected chi connectivity index (χ3v) is 12.9. The van der Waals surface area contributed by atoms with Crippen LogP contribution >= 0.6 is 0 Å². The van der Waals surface area contributed by atoms with E-state index >= 15 is 0 Å². The highest BCUT2D eigenvalue weighted by atomic mass is 16.7. The summed E-state index contributed by atoms with van der Waals surface area (Å²) in [5.41, 5.74) is -0.881. The Bertz CT molecular complexity index is 1030. The van der Waals surface area contributed by atoms with Gasteiger partial charge in [0.2, 0.25) is 5.79 Å². The number of rotatable bonds is 3. The molecule has 0 amide bonds. The molecule has 11 atom stereocenters. The molecule has 39 heavy (non-hydrogen) atoms. The standard InChI is InChI=1S/C32H52O7/c1-18(33)39-26-12-14-30(7)22-11-13-29(6)20(19-15-25(35)32(37,38-17-19)28(4,5)36)9-10-21(29)31(22,8)24(34)16-23(30)27(26,2)3/h10,19-20,22-26,34-37H,9,11-17H2,1-8H3/t19?,20-,22?,23-,24+,25+,26+,29-,30+,31-,32-/m0/s1. The van der Waals surface area contributed by atoms with Crippen molar-refractivity contribution in [2.24, 2.45) is 45.3 Å². The van der Waals surface area contributed by atoms with Crippen LogP contribution in [0, 0.1) is 45.3 Å². The minimum atomic E-state index is -1.98. The average Bonchev–Trinajstić information content (AvgIpc) is 3.17. The average molecular weight is 549 g/mol. The van der Waals surface area contributed by atoms with Crippen molar-refractivity contribution < 1.29 is 34.7 Å². The second kappa shape index (κ2) is 9.00. The maximum absolute atomic E-state index is 12.0. The summed E-state index contributed by atoms with van der Waals surface area (Å²) < 4.78 is 11.6. The molecule has 3 saturated carbocycles. The largest absolute Gasteiger partial charge is 0.462 e. The van der Waals surface area contributed by atoms with Gasteiger partial charge in [-0.15, -0.1) is 0 Å². The normalized spacial score (nSPS) is 51.3. The van der Waals surface area contributed by atoms with Crippen molar-refractivity contribution in [3.05, 3.63) is 11.6 Å². The Morgan fingerprint density at radius 1 is 1.03 bits per heavy atom. The van der Waals surface area contributed by atoms with Gasteiger partial charge in [0.05, 0.1) is 12.7 Å². The second-order valence-corrected chi connectivity index (χ2v) is 15.6. The van der Waals surface area contributed by atoms with Gasteiger partial charge in [0.25, 0.3) is 0 Å².